The van der Waals surface area contributed by atoms with Crippen LogP contribution in [0.1, 0.15) is 5.76 Å². The number of amides is 1. The number of aromatic nitrogens is 1. The number of furan rings is 1. The number of thiazole rings is 1. The van der Waals surface area contributed by atoms with Gasteiger partial charge in [-0.05, 0) is 42.5 Å². The van der Waals surface area contributed by atoms with Crippen molar-refractivity contribution in [3.05, 3.63) is 75.4 Å². The van der Waals surface area contributed by atoms with Crippen LogP contribution in [0.25, 0.3) is 27.6 Å². The summed E-state index contributed by atoms with van der Waals surface area (Å²) >= 11 is 19.7. The van der Waals surface area contributed by atoms with E-state index in [4.69, 9.17) is 39.2 Å². The molecule has 140 valence electrons. The van der Waals surface area contributed by atoms with Crippen LogP contribution in [0, 0.1) is 0 Å². The number of carbonyl (C=O) groups is 1. The number of anilines is 1. The molecule has 0 spiro atoms. The zero-order valence-electron chi connectivity index (χ0n) is 14.1. The van der Waals surface area contributed by atoms with E-state index in [-0.39, 0.29) is 5.91 Å². The highest BCUT2D eigenvalue weighted by molar-refractivity contribution is 7.22. The Hall–Kier alpha value is -2.31. The predicted octanol–water partition coefficient (Wildman–Crippen LogP) is 7.17. The second-order valence-corrected chi connectivity index (χ2v) is 7.95. The van der Waals surface area contributed by atoms with Crippen LogP contribution in [-0.4, -0.2) is 10.9 Å². The van der Waals surface area contributed by atoms with E-state index in [9.17, 15) is 4.79 Å². The molecular weight excluding hydrogens is 439 g/mol. The van der Waals surface area contributed by atoms with Crippen LogP contribution in [-0.2, 0) is 4.79 Å². The zero-order valence-corrected chi connectivity index (χ0v) is 17.2. The Bertz CT molecular complexity index is 1210. The monoisotopic (exact) mass is 448 g/mol. The van der Waals surface area contributed by atoms with Crippen LogP contribution in [0.4, 0.5) is 5.13 Å². The molecule has 4 aromatic rings. The van der Waals surface area contributed by atoms with Crippen molar-refractivity contribution in [2.24, 2.45) is 0 Å². The number of hydrogen-bond donors (Lipinski definition) is 1. The van der Waals surface area contributed by atoms with Gasteiger partial charge in [0.05, 0.1) is 19.8 Å². The second kappa shape index (κ2) is 7.97. The summed E-state index contributed by atoms with van der Waals surface area (Å²) in [5.41, 5.74) is 1.35. The summed E-state index contributed by atoms with van der Waals surface area (Å²) in [5.74, 6) is 0.746. The maximum Gasteiger partial charge on any atom is 0.250 e. The molecule has 0 bridgehead atoms. The van der Waals surface area contributed by atoms with Crippen molar-refractivity contribution in [2.75, 3.05) is 5.32 Å². The lowest BCUT2D eigenvalue weighted by Gasteiger charge is -2.01. The largest absolute Gasteiger partial charge is 0.457 e. The van der Waals surface area contributed by atoms with Gasteiger partial charge in [0.2, 0.25) is 5.91 Å². The fraction of sp³-hybridized carbons (Fsp3) is 0. The summed E-state index contributed by atoms with van der Waals surface area (Å²) in [6.07, 6.45) is 2.94. The van der Waals surface area contributed by atoms with Gasteiger partial charge < -0.3 is 4.42 Å². The van der Waals surface area contributed by atoms with E-state index in [1.807, 2.05) is 18.2 Å². The average Bonchev–Trinajstić information content (AvgIpc) is 3.30. The quantitative estimate of drug-likeness (QED) is 0.336. The molecule has 0 saturated carbocycles. The maximum absolute atomic E-state index is 12.2. The standard InChI is InChI=1S/C20H11Cl3N2O2S/c21-13-4-1-3-12(18(13)23)15-9-7-11(27-15)8-10-17(26)24-20-25-19-14(22)5-2-6-16(19)28-20/h1-10H,(H,24,25,26). The van der Waals surface area contributed by atoms with Gasteiger partial charge in [0.1, 0.15) is 17.0 Å². The molecule has 4 rings (SSSR count). The van der Waals surface area contributed by atoms with Crippen LogP contribution >= 0.6 is 46.1 Å². The first-order valence-corrected chi connectivity index (χ1v) is 10.0. The SMILES string of the molecule is O=C(C=Cc1ccc(-c2cccc(Cl)c2Cl)o1)Nc1nc2c(Cl)cccc2s1. The van der Waals surface area contributed by atoms with Crippen LogP contribution in [0.3, 0.4) is 0 Å². The van der Waals surface area contributed by atoms with Crippen LogP contribution < -0.4 is 5.32 Å². The number of fused-ring (bicyclic) bond motifs is 1. The minimum Gasteiger partial charge on any atom is -0.457 e. The summed E-state index contributed by atoms with van der Waals surface area (Å²) in [4.78, 5) is 16.5. The van der Waals surface area contributed by atoms with Gasteiger partial charge in [-0.2, -0.15) is 0 Å². The fourth-order valence-corrected chi connectivity index (χ4v) is 4.12. The van der Waals surface area contributed by atoms with Gasteiger partial charge in [-0.1, -0.05) is 58.3 Å². The number of nitrogens with one attached hydrogen (secondary N) is 1. The first kappa shape index (κ1) is 19.0. The molecule has 0 aliphatic heterocycles. The zero-order chi connectivity index (χ0) is 19.7. The van der Waals surface area contributed by atoms with E-state index < -0.39 is 0 Å². The second-order valence-electron chi connectivity index (χ2n) is 5.73. The first-order valence-electron chi connectivity index (χ1n) is 8.09. The normalized spacial score (nSPS) is 11.4. The third-order valence-corrected chi connectivity index (χ3v) is 5.90. The van der Waals surface area contributed by atoms with Gasteiger partial charge in [0.15, 0.2) is 5.13 Å². The van der Waals surface area contributed by atoms with Crippen LogP contribution in [0.15, 0.2) is 59.0 Å². The topological polar surface area (TPSA) is 55.1 Å². The molecule has 0 aliphatic carbocycles. The Morgan fingerprint density at radius 1 is 1.04 bits per heavy atom. The summed E-state index contributed by atoms with van der Waals surface area (Å²) in [7, 11) is 0. The smallest absolute Gasteiger partial charge is 0.250 e. The summed E-state index contributed by atoms with van der Waals surface area (Å²) in [6.45, 7) is 0. The molecule has 1 N–H and O–H groups in total. The summed E-state index contributed by atoms with van der Waals surface area (Å²) < 4.78 is 6.63. The molecular formula is C20H11Cl3N2O2S. The Morgan fingerprint density at radius 2 is 1.82 bits per heavy atom. The fourth-order valence-electron chi connectivity index (χ4n) is 2.55. The number of para-hydroxylation sites is 1. The van der Waals surface area contributed by atoms with E-state index in [1.165, 1.54) is 17.4 Å². The molecule has 1 amide bonds. The highest BCUT2D eigenvalue weighted by Gasteiger charge is 2.11. The number of rotatable bonds is 4. The van der Waals surface area contributed by atoms with E-state index in [0.29, 0.717) is 42.8 Å². The Morgan fingerprint density at radius 3 is 2.64 bits per heavy atom. The van der Waals surface area contributed by atoms with Crippen molar-refractivity contribution in [1.29, 1.82) is 0 Å². The van der Waals surface area contributed by atoms with Crippen molar-refractivity contribution in [2.45, 2.75) is 0 Å². The van der Waals surface area contributed by atoms with Gasteiger partial charge in [-0.15, -0.1) is 0 Å². The van der Waals surface area contributed by atoms with E-state index >= 15 is 0 Å². The molecule has 0 radical (unpaired) electrons. The summed E-state index contributed by atoms with van der Waals surface area (Å²) in [5, 5.41) is 4.62. The Balaban J connectivity index is 1.48. The molecule has 0 unspecified atom stereocenters. The Labute approximate surface area is 179 Å². The van der Waals surface area contributed by atoms with Crippen molar-refractivity contribution in [3.63, 3.8) is 0 Å². The Kier molecular flexibility index (Phi) is 5.42. The number of nitrogens with zero attached hydrogens (tertiary/aromatic N) is 1. The van der Waals surface area contributed by atoms with E-state index in [1.54, 1.807) is 36.4 Å². The molecule has 2 aromatic heterocycles. The number of halogens is 3. The van der Waals surface area contributed by atoms with Gasteiger partial charge in [0.25, 0.3) is 0 Å². The van der Waals surface area contributed by atoms with Gasteiger partial charge in [-0.25, -0.2) is 4.98 Å². The molecule has 0 saturated heterocycles. The third-order valence-electron chi connectivity index (χ3n) is 3.84. The number of carbonyl (C=O) groups excluding carboxylic acids is 1. The lowest BCUT2D eigenvalue weighted by Crippen LogP contribution is -2.07. The minimum atomic E-state index is -0.325. The molecule has 2 aromatic carbocycles. The summed E-state index contributed by atoms with van der Waals surface area (Å²) in [6, 6.07) is 14.3. The first-order chi connectivity index (χ1) is 13.5. The molecule has 4 nitrogen and oxygen atoms in total. The number of benzene rings is 2. The highest BCUT2D eigenvalue weighted by atomic mass is 35.5. The van der Waals surface area contributed by atoms with Gasteiger partial charge in [-0.3, -0.25) is 10.1 Å². The van der Waals surface area contributed by atoms with E-state index in [0.717, 1.165) is 4.70 Å². The lowest BCUT2D eigenvalue weighted by atomic mass is 10.2. The molecule has 0 atom stereocenters. The lowest BCUT2D eigenvalue weighted by molar-refractivity contribution is -0.111. The van der Waals surface area contributed by atoms with Crippen molar-refractivity contribution >= 4 is 73.5 Å². The number of hydrogen-bond acceptors (Lipinski definition) is 4. The van der Waals surface area contributed by atoms with Gasteiger partial charge >= 0.3 is 0 Å². The van der Waals surface area contributed by atoms with Crippen molar-refractivity contribution in [3.8, 4) is 11.3 Å². The third kappa shape index (κ3) is 3.93. The van der Waals surface area contributed by atoms with E-state index in [2.05, 4.69) is 10.3 Å². The predicted molar refractivity (Wildman–Crippen MR) is 116 cm³/mol. The van der Waals surface area contributed by atoms with Crippen molar-refractivity contribution < 1.29 is 9.21 Å². The molecule has 8 heteroatoms. The van der Waals surface area contributed by atoms with Crippen molar-refractivity contribution in [1.82, 2.24) is 4.98 Å². The molecule has 0 fully saturated rings. The highest BCUT2D eigenvalue weighted by Crippen LogP contribution is 2.34. The van der Waals surface area contributed by atoms with Crippen LogP contribution in [0.2, 0.25) is 15.1 Å². The average molecular weight is 450 g/mol. The molecule has 28 heavy (non-hydrogen) atoms. The molecule has 0 aliphatic rings. The molecule has 2 heterocycles. The van der Waals surface area contributed by atoms with Crippen LogP contribution in [0.5, 0.6) is 0 Å². The maximum atomic E-state index is 12.2. The minimum absolute atomic E-state index is 0.325. The van der Waals surface area contributed by atoms with Gasteiger partial charge in [0, 0.05) is 11.6 Å².